The molecule has 0 aromatic carbocycles. The first-order valence-corrected chi connectivity index (χ1v) is 6.50. The molecule has 0 bridgehead atoms. The minimum atomic E-state index is -0.902. The van der Waals surface area contributed by atoms with Crippen LogP contribution in [0.1, 0.15) is 37.2 Å². The molecule has 2 N–H and O–H groups in total. The van der Waals surface area contributed by atoms with Crippen LogP contribution < -0.4 is 5.32 Å². The molecule has 0 spiro atoms. The number of amides is 1. The van der Waals surface area contributed by atoms with Crippen molar-refractivity contribution in [2.45, 2.75) is 32.3 Å². The highest BCUT2D eigenvalue weighted by Gasteiger charge is 2.24. The number of pyridine rings is 1. The minimum absolute atomic E-state index is 0.0683. The lowest BCUT2D eigenvalue weighted by Gasteiger charge is -2.25. The molecule has 1 aromatic heterocycles. The first-order valence-electron chi connectivity index (χ1n) is 5.74. The molecule has 0 radical (unpaired) electrons. The average molecular weight is 291 g/mol. The third-order valence-corrected chi connectivity index (χ3v) is 3.44. The predicted molar refractivity (Wildman–Crippen MR) is 72.1 cm³/mol. The van der Waals surface area contributed by atoms with Crippen LogP contribution in [0.5, 0.6) is 0 Å². The van der Waals surface area contributed by atoms with Gasteiger partial charge in [0.25, 0.3) is 5.91 Å². The van der Waals surface area contributed by atoms with Crippen LogP contribution in [0.3, 0.4) is 0 Å². The standard InChI is InChI=1S/C12H16Cl2N2O2/c1-3-12(18,4-2)7-15-11(17)10-8(13)5-6-9(14)16-10/h5-6,18H,3-4,7H2,1-2H3,(H,15,17). The van der Waals surface area contributed by atoms with E-state index in [0.717, 1.165) is 0 Å². The van der Waals surface area contributed by atoms with Crippen LogP contribution in [0.15, 0.2) is 12.1 Å². The Bertz CT molecular complexity index is 434. The summed E-state index contributed by atoms with van der Waals surface area (Å²) in [5.41, 5.74) is -0.834. The lowest BCUT2D eigenvalue weighted by Crippen LogP contribution is -2.42. The van der Waals surface area contributed by atoms with Crippen molar-refractivity contribution in [2.24, 2.45) is 0 Å². The summed E-state index contributed by atoms with van der Waals surface area (Å²) in [6.07, 6.45) is 1.11. The van der Waals surface area contributed by atoms with E-state index in [0.29, 0.717) is 12.8 Å². The number of aromatic nitrogens is 1. The highest BCUT2D eigenvalue weighted by Crippen LogP contribution is 2.17. The number of hydrogen-bond acceptors (Lipinski definition) is 3. The fourth-order valence-electron chi connectivity index (χ4n) is 1.41. The van der Waals surface area contributed by atoms with E-state index >= 15 is 0 Å². The molecule has 0 aliphatic carbocycles. The molecule has 0 fully saturated rings. The molecule has 0 aliphatic rings. The molecule has 0 atom stereocenters. The molecule has 0 unspecified atom stereocenters. The largest absolute Gasteiger partial charge is 0.388 e. The van der Waals surface area contributed by atoms with Gasteiger partial charge in [0.05, 0.1) is 10.6 Å². The molecule has 0 saturated carbocycles. The SMILES string of the molecule is CCC(O)(CC)CNC(=O)c1nc(Cl)ccc1Cl. The Labute approximate surface area is 116 Å². The zero-order chi connectivity index (χ0) is 13.8. The van der Waals surface area contributed by atoms with Crippen molar-refractivity contribution in [3.05, 3.63) is 28.0 Å². The zero-order valence-electron chi connectivity index (χ0n) is 10.3. The molecular weight excluding hydrogens is 275 g/mol. The van der Waals surface area contributed by atoms with E-state index in [1.54, 1.807) is 0 Å². The van der Waals surface area contributed by atoms with Gasteiger partial charge in [0.2, 0.25) is 0 Å². The number of hydrogen-bond donors (Lipinski definition) is 2. The molecule has 0 aliphatic heterocycles. The number of rotatable bonds is 5. The molecule has 1 aromatic rings. The van der Waals surface area contributed by atoms with Crippen LogP contribution in [-0.2, 0) is 0 Å². The molecule has 4 nitrogen and oxygen atoms in total. The predicted octanol–water partition coefficient (Wildman–Crippen LogP) is 2.67. The van der Waals surface area contributed by atoms with Crippen molar-refractivity contribution in [3.63, 3.8) is 0 Å². The summed E-state index contributed by atoms with van der Waals surface area (Å²) < 4.78 is 0. The molecule has 0 saturated heterocycles. The Balaban J connectivity index is 2.74. The number of carbonyl (C=O) groups is 1. The van der Waals surface area contributed by atoms with E-state index in [2.05, 4.69) is 10.3 Å². The molecule has 1 heterocycles. The molecule has 1 rings (SSSR count). The summed E-state index contributed by atoms with van der Waals surface area (Å²) >= 11 is 11.6. The molecule has 18 heavy (non-hydrogen) atoms. The third kappa shape index (κ3) is 3.83. The summed E-state index contributed by atoms with van der Waals surface area (Å²) in [6.45, 7) is 3.88. The van der Waals surface area contributed by atoms with Crippen molar-refractivity contribution in [1.82, 2.24) is 10.3 Å². The number of aliphatic hydroxyl groups is 1. The lowest BCUT2D eigenvalue weighted by molar-refractivity contribution is 0.0313. The number of nitrogens with zero attached hydrogens (tertiary/aromatic N) is 1. The maximum atomic E-state index is 11.9. The lowest BCUT2D eigenvalue weighted by atomic mass is 9.97. The van der Waals surface area contributed by atoms with Crippen LogP contribution in [0.2, 0.25) is 10.2 Å². The van der Waals surface area contributed by atoms with Gasteiger partial charge in [-0.3, -0.25) is 4.79 Å². The van der Waals surface area contributed by atoms with Crippen LogP contribution in [0.4, 0.5) is 0 Å². The van der Waals surface area contributed by atoms with Crippen LogP contribution in [-0.4, -0.2) is 28.1 Å². The second-order valence-corrected chi connectivity index (χ2v) is 4.87. The van der Waals surface area contributed by atoms with Crippen molar-refractivity contribution >= 4 is 29.1 Å². The van der Waals surface area contributed by atoms with Gasteiger partial charge in [0.1, 0.15) is 10.8 Å². The minimum Gasteiger partial charge on any atom is -0.388 e. The molecule has 6 heteroatoms. The van der Waals surface area contributed by atoms with E-state index in [9.17, 15) is 9.90 Å². The Kier molecular flexibility index (Phi) is 5.38. The second kappa shape index (κ2) is 6.36. The number of nitrogens with one attached hydrogen (secondary N) is 1. The molecule has 100 valence electrons. The fourth-order valence-corrected chi connectivity index (χ4v) is 1.74. The van der Waals surface area contributed by atoms with E-state index in [1.165, 1.54) is 12.1 Å². The fraction of sp³-hybridized carbons (Fsp3) is 0.500. The Morgan fingerprint density at radius 1 is 1.39 bits per heavy atom. The van der Waals surface area contributed by atoms with E-state index in [4.69, 9.17) is 23.2 Å². The summed E-state index contributed by atoms with van der Waals surface area (Å²) in [6, 6.07) is 3.02. The van der Waals surface area contributed by atoms with E-state index < -0.39 is 11.5 Å². The summed E-state index contributed by atoms with van der Waals surface area (Å²) in [5.74, 6) is -0.442. The van der Waals surface area contributed by atoms with Crippen LogP contribution in [0, 0.1) is 0 Å². The number of halogens is 2. The van der Waals surface area contributed by atoms with Gasteiger partial charge in [-0.15, -0.1) is 0 Å². The van der Waals surface area contributed by atoms with Crippen molar-refractivity contribution in [2.75, 3.05) is 6.54 Å². The van der Waals surface area contributed by atoms with Gasteiger partial charge in [-0.1, -0.05) is 37.0 Å². The average Bonchev–Trinajstić information content (AvgIpc) is 2.38. The van der Waals surface area contributed by atoms with Gasteiger partial charge < -0.3 is 10.4 Å². The summed E-state index contributed by atoms with van der Waals surface area (Å²) in [5, 5.41) is 13.1. The Morgan fingerprint density at radius 3 is 2.56 bits per heavy atom. The quantitative estimate of drug-likeness (QED) is 0.820. The Morgan fingerprint density at radius 2 is 2.00 bits per heavy atom. The van der Waals surface area contributed by atoms with Crippen LogP contribution >= 0.6 is 23.2 Å². The number of carbonyl (C=O) groups excluding carboxylic acids is 1. The smallest absolute Gasteiger partial charge is 0.271 e. The first-order chi connectivity index (χ1) is 8.41. The monoisotopic (exact) mass is 290 g/mol. The maximum Gasteiger partial charge on any atom is 0.271 e. The summed E-state index contributed by atoms with van der Waals surface area (Å²) in [7, 11) is 0. The zero-order valence-corrected chi connectivity index (χ0v) is 11.8. The topological polar surface area (TPSA) is 62.2 Å². The van der Waals surface area contributed by atoms with Crippen molar-refractivity contribution in [1.29, 1.82) is 0 Å². The van der Waals surface area contributed by atoms with Gasteiger partial charge in [0, 0.05) is 6.54 Å². The van der Waals surface area contributed by atoms with Crippen molar-refractivity contribution < 1.29 is 9.90 Å². The molecular formula is C12H16Cl2N2O2. The third-order valence-electron chi connectivity index (χ3n) is 2.92. The highest BCUT2D eigenvalue weighted by atomic mass is 35.5. The van der Waals surface area contributed by atoms with Crippen molar-refractivity contribution in [3.8, 4) is 0 Å². The van der Waals surface area contributed by atoms with Crippen LogP contribution in [0.25, 0.3) is 0 Å². The maximum absolute atomic E-state index is 11.9. The van der Waals surface area contributed by atoms with E-state index in [1.807, 2.05) is 13.8 Å². The Hall–Kier alpha value is -0.840. The molecule has 1 amide bonds. The highest BCUT2D eigenvalue weighted by molar-refractivity contribution is 6.34. The first kappa shape index (κ1) is 15.2. The van der Waals surface area contributed by atoms with Gasteiger partial charge in [0.15, 0.2) is 0 Å². The normalized spacial score (nSPS) is 11.4. The second-order valence-electron chi connectivity index (χ2n) is 4.08. The summed E-state index contributed by atoms with van der Waals surface area (Å²) in [4.78, 5) is 15.7. The van der Waals surface area contributed by atoms with E-state index in [-0.39, 0.29) is 22.4 Å². The van der Waals surface area contributed by atoms with Gasteiger partial charge >= 0.3 is 0 Å². The van der Waals surface area contributed by atoms with Gasteiger partial charge in [-0.05, 0) is 25.0 Å². The van der Waals surface area contributed by atoms with Gasteiger partial charge in [-0.2, -0.15) is 0 Å². The van der Waals surface area contributed by atoms with Gasteiger partial charge in [-0.25, -0.2) is 4.98 Å².